The van der Waals surface area contributed by atoms with Gasteiger partial charge < -0.3 is 15.1 Å². The van der Waals surface area contributed by atoms with Crippen LogP contribution in [0.4, 0.5) is 11.5 Å². The van der Waals surface area contributed by atoms with Gasteiger partial charge in [-0.3, -0.25) is 14.9 Å². The van der Waals surface area contributed by atoms with Crippen molar-refractivity contribution in [2.24, 2.45) is 0 Å². The van der Waals surface area contributed by atoms with Crippen molar-refractivity contribution < 1.29 is 9.72 Å². The smallest absolute Gasteiger partial charge is 0.270 e. The van der Waals surface area contributed by atoms with Gasteiger partial charge in [-0.2, -0.15) is 0 Å². The number of nitro groups is 1. The molecule has 0 aliphatic carbocycles. The number of nitrogens with one attached hydrogen (secondary N) is 1. The van der Waals surface area contributed by atoms with Gasteiger partial charge in [-0.15, -0.1) is 0 Å². The lowest BCUT2D eigenvalue weighted by atomic mass is 9.97. The number of aromatic nitrogens is 2. The van der Waals surface area contributed by atoms with Gasteiger partial charge in [0.05, 0.1) is 23.0 Å². The van der Waals surface area contributed by atoms with Crippen molar-refractivity contribution >= 4 is 33.9 Å². The molecule has 1 aliphatic rings. The predicted molar refractivity (Wildman–Crippen MR) is 142 cm³/mol. The number of rotatable bonds is 7. The average Bonchev–Trinajstić information content (AvgIpc) is 2.83. The van der Waals surface area contributed by atoms with Crippen LogP contribution in [0.1, 0.15) is 41.9 Å². The maximum atomic E-state index is 12.4. The number of nitrogens with zero attached hydrogens (tertiary/aromatic N) is 5. The van der Waals surface area contributed by atoms with Crippen LogP contribution in [-0.2, 0) is 4.79 Å². The fourth-order valence-electron chi connectivity index (χ4n) is 4.52. The summed E-state index contributed by atoms with van der Waals surface area (Å²) in [4.78, 5) is 36.4. The number of hydrogen-bond donors (Lipinski definition) is 1. The number of carbonyl (C=O) groups is 1. The lowest BCUT2D eigenvalue weighted by molar-refractivity contribution is -0.385. The molecule has 2 aromatic carbocycles. The van der Waals surface area contributed by atoms with E-state index in [9.17, 15) is 14.9 Å². The van der Waals surface area contributed by atoms with Gasteiger partial charge in [-0.05, 0) is 75.7 Å². The monoisotopic (exact) mass is 488 g/mol. The van der Waals surface area contributed by atoms with Crippen LogP contribution in [0.3, 0.4) is 0 Å². The third-order valence-corrected chi connectivity index (χ3v) is 6.34. The molecule has 0 fully saturated rings. The molecule has 0 unspecified atom stereocenters. The van der Waals surface area contributed by atoms with Crippen molar-refractivity contribution in [2.45, 2.75) is 33.2 Å². The van der Waals surface area contributed by atoms with Crippen LogP contribution in [0.2, 0.25) is 0 Å². The number of likely N-dealkylation sites (N-methyl/N-ethyl adjacent to an activating group) is 1. The standard InChI is InChI=1S/C27H32N6O3/c1-17-12-22(14-23(13-17)33(35)36)18(2)28-27-24-15-21(6-7-25(24)29-19(3)30-27)20-8-10-32(11-9-20)26(34)16-31(4)5/h6-8,12-15,18H,9-11,16H2,1-5H3,(H,28,29,30)/t18-/m1/s1. The number of nitro benzene ring substituents is 1. The summed E-state index contributed by atoms with van der Waals surface area (Å²) >= 11 is 0. The first-order chi connectivity index (χ1) is 17.1. The second-order valence-electron chi connectivity index (χ2n) is 9.63. The van der Waals surface area contributed by atoms with Crippen molar-refractivity contribution in [3.8, 4) is 0 Å². The normalized spacial score (nSPS) is 14.6. The number of amides is 1. The summed E-state index contributed by atoms with van der Waals surface area (Å²) in [6, 6.07) is 11.1. The number of anilines is 1. The molecule has 1 atom stereocenters. The Labute approximate surface area is 211 Å². The molecule has 0 spiro atoms. The SMILES string of the molecule is Cc1cc([C@@H](C)Nc2nc(C)nc3ccc(C4=CCN(C(=O)CN(C)C)CC4)cc23)cc([N+](=O)[O-])c1. The summed E-state index contributed by atoms with van der Waals surface area (Å²) in [6.07, 6.45) is 2.90. The molecule has 3 aromatic rings. The van der Waals surface area contributed by atoms with Crippen LogP contribution < -0.4 is 5.32 Å². The van der Waals surface area contributed by atoms with Crippen LogP contribution in [0.25, 0.3) is 16.5 Å². The van der Waals surface area contributed by atoms with E-state index in [0.717, 1.165) is 34.0 Å². The fourth-order valence-corrected chi connectivity index (χ4v) is 4.52. The summed E-state index contributed by atoms with van der Waals surface area (Å²) in [5.41, 5.74) is 4.83. The molecule has 0 radical (unpaired) electrons. The Morgan fingerprint density at radius 2 is 1.97 bits per heavy atom. The minimum Gasteiger partial charge on any atom is -0.363 e. The molecule has 0 saturated heterocycles. The van der Waals surface area contributed by atoms with Gasteiger partial charge in [-0.1, -0.05) is 18.2 Å². The number of fused-ring (bicyclic) bond motifs is 1. The Kier molecular flexibility index (Phi) is 7.30. The predicted octanol–water partition coefficient (Wildman–Crippen LogP) is 4.51. The van der Waals surface area contributed by atoms with Crippen molar-refractivity contribution in [1.82, 2.24) is 19.8 Å². The van der Waals surface area contributed by atoms with E-state index in [-0.39, 0.29) is 22.6 Å². The van der Waals surface area contributed by atoms with Crippen LogP contribution in [0.5, 0.6) is 0 Å². The Morgan fingerprint density at radius 1 is 1.19 bits per heavy atom. The molecule has 36 heavy (non-hydrogen) atoms. The van der Waals surface area contributed by atoms with Crippen LogP contribution in [0.15, 0.2) is 42.5 Å². The number of hydrogen-bond acceptors (Lipinski definition) is 7. The maximum absolute atomic E-state index is 12.4. The Hall–Kier alpha value is -3.85. The van der Waals surface area contributed by atoms with E-state index in [2.05, 4.69) is 33.5 Å². The van der Waals surface area contributed by atoms with Gasteiger partial charge in [0, 0.05) is 30.6 Å². The quantitative estimate of drug-likeness (QED) is 0.385. The Bertz CT molecular complexity index is 1350. The number of aryl methyl sites for hydroxylation is 2. The minimum atomic E-state index is -0.368. The first-order valence-electron chi connectivity index (χ1n) is 12.0. The van der Waals surface area contributed by atoms with E-state index < -0.39 is 0 Å². The lowest BCUT2D eigenvalue weighted by Crippen LogP contribution is -2.40. The largest absolute Gasteiger partial charge is 0.363 e. The summed E-state index contributed by atoms with van der Waals surface area (Å²) in [5.74, 6) is 1.47. The van der Waals surface area contributed by atoms with Crippen LogP contribution >= 0.6 is 0 Å². The minimum absolute atomic E-state index is 0.0759. The van der Waals surface area contributed by atoms with Crippen molar-refractivity contribution in [3.05, 3.63) is 75.1 Å². The molecule has 9 nitrogen and oxygen atoms in total. The average molecular weight is 489 g/mol. The van der Waals surface area contributed by atoms with Gasteiger partial charge in [0.1, 0.15) is 11.6 Å². The van der Waals surface area contributed by atoms with E-state index in [1.807, 2.05) is 56.8 Å². The van der Waals surface area contributed by atoms with E-state index in [0.29, 0.717) is 31.3 Å². The second kappa shape index (κ2) is 10.4. The molecule has 1 N–H and O–H groups in total. The highest BCUT2D eigenvalue weighted by atomic mass is 16.6. The zero-order valence-corrected chi connectivity index (χ0v) is 21.4. The van der Waals surface area contributed by atoms with Crippen molar-refractivity contribution in [2.75, 3.05) is 39.0 Å². The highest BCUT2D eigenvalue weighted by Crippen LogP contribution is 2.31. The Balaban J connectivity index is 1.62. The molecular weight excluding hydrogens is 456 g/mol. The zero-order chi connectivity index (χ0) is 26.0. The lowest BCUT2D eigenvalue weighted by Gasteiger charge is -2.28. The summed E-state index contributed by atoms with van der Waals surface area (Å²) in [6.45, 7) is 7.37. The molecule has 2 heterocycles. The van der Waals surface area contributed by atoms with Crippen LogP contribution in [0, 0.1) is 24.0 Å². The number of non-ortho nitro benzene ring substituents is 1. The summed E-state index contributed by atoms with van der Waals surface area (Å²) in [5, 5.41) is 15.7. The molecule has 0 saturated carbocycles. The third kappa shape index (κ3) is 5.68. The van der Waals surface area contributed by atoms with Gasteiger partial charge in [0.25, 0.3) is 5.69 Å². The van der Waals surface area contributed by atoms with E-state index >= 15 is 0 Å². The third-order valence-electron chi connectivity index (χ3n) is 6.34. The van der Waals surface area contributed by atoms with Crippen LogP contribution in [-0.4, -0.2) is 64.3 Å². The molecule has 0 bridgehead atoms. The van der Waals surface area contributed by atoms with Crippen molar-refractivity contribution in [3.63, 3.8) is 0 Å². The summed E-state index contributed by atoms with van der Waals surface area (Å²) < 4.78 is 0. The molecule has 9 heteroatoms. The number of benzene rings is 2. The van der Waals surface area contributed by atoms with Crippen molar-refractivity contribution in [1.29, 1.82) is 0 Å². The fraction of sp³-hybridized carbons (Fsp3) is 0.370. The first-order valence-corrected chi connectivity index (χ1v) is 12.0. The van der Waals surface area contributed by atoms with Gasteiger partial charge in [0.2, 0.25) is 5.91 Å². The second-order valence-corrected chi connectivity index (χ2v) is 9.63. The highest BCUT2D eigenvalue weighted by molar-refractivity contribution is 5.92. The van der Waals surface area contributed by atoms with E-state index in [1.54, 1.807) is 12.1 Å². The van der Waals surface area contributed by atoms with E-state index in [1.165, 1.54) is 5.57 Å². The Morgan fingerprint density at radius 3 is 2.64 bits per heavy atom. The topological polar surface area (TPSA) is 104 Å². The summed E-state index contributed by atoms with van der Waals surface area (Å²) in [7, 11) is 3.79. The highest BCUT2D eigenvalue weighted by Gasteiger charge is 2.20. The zero-order valence-electron chi connectivity index (χ0n) is 21.4. The van der Waals surface area contributed by atoms with Gasteiger partial charge >= 0.3 is 0 Å². The molecule has 188 valence electrons. The first kappa shape index (κ1) is 25.2. The molecule has 4 rings (SSSR count). The number of carbonyl (C=O) groups excluding carboxylic acids is 1. The maximum Gasteiger partial charge on any atom is 0.270 e. The molecule has 1 amide bonds. The van der Waals surface area contributed by atoms with Gasteiger partial charge in [0.15, 0.2) is 0 Å². The molecular formula is C27H32N6O3. The molecule has 1 aliphatic heterocycles. The molecule has 1 aromatic heterocycles. The van der Waals surface area contributed by atoms with E-state index in [4.69, 9.17) is 0 Å². The van der Waals surface area contributed by atoms with Gasteiger partial charge in [-0.25, -0.2) is 9.97 Å².